The van der Waals surface area contributed by atoms with E-state index in [0.717, 1.165) is 16.5 Å². The maximum absolute atomic E-state index is 9.60. The Morgan fingerprint density at radius 1 is 1.00 bits per heavy atom. The monoisotopic (exact) mass is 298 g/mol. The molecule has 106 valence electrons. The molecule has 3 aromatic carbocycles. The van der Waals surface area contributed by atoms with Gasteiger partial charge in [-0.1, -0.05) is 54.1 Å². The lowest BCUT2D eigenvalue weighted by molar-refractivity contribution is 0.199. The number of hydrogen-bond donors (Lipinski definition) is 1. The molecular weight excluding hydrogens is 284 g/mol. The molecule has 3 rings (SSSR count). The van der Waals surface area contributed by atoms with Crippen LogP contribution in [0.5, 0.6) is 11.5 Å². The minimum atomic E-state index is -0.593. The molecule has 1 unspecified atom stereocenters. The van der Waals surface area contributed by atoms with Crippen molar-refractivity contribution in [3.8, 4) is 11.5 Å². The van der Waals surface area contributed by atoms with Gasteiger partial charge in [0.2, 0.25) is 0 Å². The molecule has 0 saturated carbocycles. The summed E-state index contributed by atoms with van der Waals surface area (Å²) >= 11 is 6.17. The maximum Gasteiger partial charge on any atom is 0.135 e. The van der Waals surface area contributed by atoms with E-state index in [9.17, 15) is 5.11 Å². The third-order valence-corrected chi connectivity index (χ3v) is 3.73. The van der Waals surface area contributed by atoms with Gasteiger partial charge in [-0.05, 0) is 36.1 Å². The van der Waals surface area contributed by atoms with Crippen LogP contribution >= 0.6 is 11.6 Å². The Morgan fingerprint density at radius 2 is 1.76 bits per heavy atom. The Hall–Kier alpha value is -2.03. The predicted molar refractivity (Wildman–Crippen MR) is 86.1 cm³/mol. The van der Waals surface area contributed by atoms with Crippen molar-refractivity contribution in [3.63, 3.8) is 0 Å². The van der Waals surface area contributed by atoms with Crippen LogP contribution in [0.25, 0.3) is 10.8 Å². The summed E-state index contributed by atoms with van der Waals surface area (Å²) in [7, 11) is 0. The Labute approximate surface area is 128 Å². The van der Waals surface area contributed by atoms with Gasteiger partial charge in [0.05, 0.1) is 11.1 Å². The molecule has 1 N–H and O–H groups in total. The molecule has 0 radical (unpaired) electrons. The highest BCUT2D eigenvalue weighted by Crippen LogP contribution is 2.33. The number of halogens is 1. The number of aliphatic hydroxyl groups is 1. The van der Waals surface area contributed by atoms with Gasteiger partial charge >= 0.3 is 0 Å². The summed E-state index contributed by atoms with van der Waals surface area (Å²) < 4.78 is 5.94. The number of benzene rings is 3. The van der Waals surface area contributed by atoms with Gasteiger partial charge in [0.15, 0.2) is 0 Å². The van der Waals surface area contributed by atoms with Gasteiger partial charge in [-0.2, -0.15) is 0 Å². The van der Waals surface area contributed by atoms with Gasteiger partial charge in [-0.25, -0.2) is 0 Å². The minimum absolute atomic E-state index is 0.503. The molecule has 0 aliphatic rings. The molecule has 21 heavy (non-hydrogen) atoms. The molecule has 0 aliphatic carbocycles. The molecule has 3 heteroatoms. The van der Waals surface area contributed by atoms with Crippen LogP contribution in [0.15, 0.2) is 60.7 Å². The quantitative estimate of drug-likeness (QED) is 0.707. The summed E-state index contributed by atoms with van der Waals surface area (Å²) in [6.07, 6.45) is -0.593. The molecule has 0 amide bonds. The first-order valence-corrected chi connectivity index (χ1v) is 7.16. The smallest absolute Gasteiger partial charge is 0.135 e. The van der Waals surface area contributed by atoms with Crippen LogP contribution in [0, 0.1) is 0 Å². The van der Waals surface area contributed by atoms with Crippen molar-refractivity contribution in [2.24, 2.45) is 0 Å². The minimum Gasteiger partial charge on any atom is -0.457 e. The number of rotatable bonds is 3. The highest BCUT2D eigenvalue weighted by atomic mass is 35.5. The fourth-order valence-electron chi connectivity index (χ4n) is 2.32. The summed E-state index contributed by atoms with van der Waals surface area (Å²) in [5, 5.41) is 12.3. The number of hydrogen-bond acceptors (Lipinski definition) is 2. The number of fused-ring (bicyclic) bond motifs is 1. The summed E-state index contributed by atoms with van der Waals surface area (Å²) in [6, 6.07) is 19.3. The van der Waals surface area contributed by atoms with Gasteiger partial charge in [-0.15, -0.1) is 0 Å². The average molecular weight is 299 g/mol. The number of aliphatic hydroxyl groups excluding tert-OH is 1. The fourth-order valence-corrected chi connectivity index (χ4v) is 2.65. The van der Waals surface area contributed by atoms with Gasteiger partial charge in [0.25, 0.3) is 0 Å². The second kappa shape index (κ2) is 5.76. The second-order valence-corrected chi connectivity index (χ2v) is 5.35. The highest BCUT2D eigenvalue weighted by Gasteiger charge is 2.09. The van der Waals surface area contributed by atoms with Crippen molar-refractivity contribution in [1.29, 1.82) is 0 Å². The topological polar surface area (TPSA) is 29.5 Å². The van der Waals surface area contributed by atoms with E-state index < -0.39 is 6.10 Å². The fraction of sp³-hybridized carbons (Fsp3) is 0.111. The lowest BCUT2D eigenvalue weighted by Crippen LogP contribution is -1.93. The first-order valence-electron chi connectivity index (χ1n) is 6.78. The number of ether oxygens (including phenoxy) is 1. The lowest BCUT2D eigenvalue weighted by Gasteiger charge is -2.12. The van der Waals surface area contributed by atoms with Crippen molar-refractivity contribution >= 4 is 22.4 Å². The van der Waals surface area contributed by atoms with Crippen LogP contribution < -0.4 is 4.74 Å². The van der Waals surface area contributed by atoms with Gasteiger partial charge in [0, 0.05) is 5.39 Å². The van der Waals surface area contributed by atoms with E-state index in [1.165, 1.54) is 0 Å². The zero-order valence-electron chi connectivity index (χ0n) is 11.6. The van der Waals surface area contributed by atoms with Gasteiger partial charge < -0.3 is 9.84 Å². The third kappa shape index (κ3) is 2.87. The van der Waals surface area contributed by atoms with E-state index >= 15 is 0 Å². The normalized spacial score (nSPS) is 12.3. The standard InChI is InChI=1S/C18H15ClO2/c1-12(20)15-10-9-14(11-17(15)19)21-18-8-4-6-13-5-2-3-7-16(13)18/h2-12,20H,1H3. The molecule has 3 aromatic rings. The van der Waals surface area contributed by atoms with Crippen LogP contribution in [0.4, 0.5) is 0 Å². The first-order chi connectivity index (χ1) is 10.1. The van der Waals surface area contributed by atoms with Crippen LogP contribution in [0.1, 0.15) is 18.6 Å². The summed E-state index contributed by atoms with van der Waals surface area (Å²) in [6.45, 7) is 1.69. The summed E-state index contributed by atoms with van der Waals surface area (Å²) in [5.41, 5.74) is 0.696. The molecular formula is C18H15ClO2. The van der Waals surface area contributed by atoms with Crippen molar-refractivity contribution in [3.05, 3.63) is 71.2 Å². The van der Waals surface area contributed by atoms with Crippen LogP contribution in [0.2, 0.25) is 5.02 Å². The summed E-state index contributed by atoms with van der Waals surface area (Å²) in [5.74, 6) is 1.44. The zero-order valence-corrected chi connectivity index (χ0v) is 12.3. The van der Waals surface area contributed by atoms with Crippen LogP contribution in [0.3, 0.4) is 0 Å². The lowest BCUT2D eigenvalue weighted by atomic mass is 10.1. The van der Waals surface area contributed by atoms with Gasteiger partial charge in [0.1, 0.15) is 11.5 Å². The molecule has 0 spiro atoms. The van der Waals surface area contributed by atoms with Crippen molar-refractivity contribution in [2.75, 3.05) is 0 Å². The maximum atomic E-state index is 9.60. The first kappa shape index (κ1) is 13.9. The Morgan fingerprint density at radius 3 is 2.52 bits per heavy atom. The van der Waals surface area contributed by atoms with E-state index in [1.54, 1.807) is 19.1 Å². The largest absolute Gasteiger partial charge is 0.457 e. The SMILES string of the molecule is CC(O)c1ccc(Oc2cccc3ccccc23)cc1Cl. The molecule has 0 saturated heterocycles. The van der Waals surface area contributed by atoms with E-state index in [4.69, 9.17) is 16.3 Å². The van der Waals surface area contributed by atoms with Crippen LogP contribution in [-0.2, 0) is 0 Å². The van der Waals surface area contributed by atoms with E-state index in [1.807, 2.05) is 48.5 Å². The molecule has 0 aromatic heterocycles. The highest BCUT2D eigenvalue weighted by molar-refractivity contribution is 6.31. The third-order valence-electron chi connectivity index (χ3n) is 3.40. The van der Waals surface area contributed by atoms with Crippen LogP contribution in [-0.4, -0.2) is 5.11 Å². The molecule has 0 bridgehead atoms. The Balaban J connectivity index is 1.97. The molecule has 2 nitrogen and oxygen atoms in total. The van der Waals surface area contributed by atoms with Crippen molar-refractivity contribution in [1.82, 2.24) is 0 Å². The predicted octanol–water partition coefficient (Wildman–Crippen LogP) is 5.34. The van der Waals surface area contributed by atoms with Gasteiger partial charge in [-0.3, -0.25) is 0 Å². The second-order valence-electron chi connectivity index (χ2n) is 4.94. The zero-order chi connectivity index (χ0) is 14.8. The van der Waals surface area contributed by atoms with E-state index in [0.29, 0.717) is 16.3 Å². The average Bonchev–Trinajstić information content (AvgIpc) is 2.47. The summed E-state index contributed by atoms with van der Waals surface area (Å²) in [4.78, 5) is 0. The molecule has 0 heterocycles. The molecule has 0 fully saturated rings. The Bertz CT molecular complexity index is 776. The Kier molecular flexibility index (Phi) is 3.82. The molecule has 0 aliphatic heterocycles. The van der Waals surface area contributed by atoms with E-state index in [2.05, 4.69) is 0 Å². The van der Waals surface area contributed by atoms with E-state index in [-0.39, 0.29) is 0 Å². The van der Waals surface area contributed by atoms with Crippen molar-refractivity contribution < 1.29 is 9.84 Å². The van der Waals surface area contributed by atoms with Crippen molar-refractivity contribution in [2.45, 2.75) is 13.0 Å². The molecule has 1 atom stereocenters.